The van der Waals surface area contributed by atoms with Crippen molar-refractivity contribution in [3.63, 3.8) is 0 Å². The summed E-state index contributed by atoms with van der Waals surface area (Å²) in [6.07, 6.45) is 0.841. The molecule has 1 aromatic carbocycles. The van der Waals surface area contributed by atoms with Crippen LogP contribution in [0.3, 0.4) is 0 Å². The minimum Gasteiger partial charge on any atom is -0.359 e. The second-order valence-electron chi connectivity index (χ2n) is 4.16. The van der Waals surface area contributed by atoms with E-state index in [-0.39, 0.29) is 0 Å². The molecule has 5 heteroatoms. The third kappa shape index (κ3) is 5.14. The summed E-state index contributed by atoms with van der Waals surface area (Å²) in [7, 11) is 0. The Morgan fingerprint density at radius 3 is 2.72 bits per heavy atom. The van der Waals surface area contributed by atoms with Crippen molar-refractivity contribution >= 4 is 39.0 Å². The van der Waals surface area contributed by atoms with Crippen molar-refractivity contribution in [3.05, 3.63) is 34.3 Å². The second kappa shape index (κ2) is 7.48. The Morgan fingerprint density at radius 2 is 2.17 bits per heavy atom. The van der Waals surface area contributed by atoms with E-state index in [1.165, 1.54) is 0 Å². The SMILES string of the molecule is CC/C(=N\NC(=S)NC(C)C)c1cccc(Br)c1. The van der Waals surface area contributed by atoms with Gasteiger partial charge in [-0.3, -0.25) is 5.43 Å². The topological polar surface area (TPSA) is 36.4 Å². The average molecular weight is 328 g/mol. The molecule has 18 heavy (non-hydrogen) atoms. The Morgan fingerprint density at radius 1 is 1.44 bits per heavy atom. The minimum atomic E-state index is 0.302. The quantitative estimate of drug-likeness (QED) is 0.505. The monoisotopic (exact) mass is 327 g/mol. The standard InChI is InChI=1S/C13H18BrN3S/c1-4-12(10-6-5-7-11(14)8-10)16-17-13(18)15-9(2)3/h5-9H,4H2,1-3H3,(H2,15,17,18)/b16-12+. The lowest BCUT2D eigenvalue weighted by Gasteiger charge is -2.11. The number of hydrogen-bond donors (Lipinski definition) is 2. The summed E-state index contributed by atoms with van der Waals surface area (Å²) in [6.45, 7) is 6.14. The summed E-state index contributed by atoms with van der Waals surface area (Å²) in [5.41, 5.74) is 4.94. The van der Waals surface area contributed by atoms with Gasteiger partial charge in [-0.1, -0.05) is 35.0 Å². The van der Waals surface area contributed by atoms with Crippen LogP contribution in [0.1, 0.15) is 32.8 Å². The zero-order chi connectivity index (χ0) is 13.5. The fourth-order valence-corrected chi connectivity index (χ4v) is 2.11. The highest BCUT2D eigenvalue weighted by molar-refractivity contribution is 9.10. The fraction of sp³-hybridized carbons (Fsp3) is 0.385. The van der Waals surface area contributed by atoms with Gasteiger partial charge in [0.15, 0.2) is 5.11 Å². The predicted octanol–water partition coefficient (Wildman–Crippen LogP) is 3.44. The highest BCUT2D eigenvalue weighted by atomic mass is 79.9. The smallest absolute Gasteiger partial charge is 0.187 e. The van der Waals surface area contributed by atoms with E-state index in [4.69, 9.17) is 12.2 Å². The van der Waals surface area contributed by atoms with E-state index in [9.17, 15) is 0 Å². The van der Waals surface area contributed by atoms with Crippen LogP contribution in [0.15, 0.2) is 33.8 Å². The number of hydrogen-bond acceptors (Lipinski definition) is 2. The predicted molar refractivity (Wildman–Crippen MR) is 85.0 cm³/mol. The van der Waals surface area contributed by atoms with E-state index in [0.717, 1.165) is 22.2 Å². The molecule has 1 rings (SSSR count). The number of hydrazone groups is 1. The Hall–Kier alpha value is -0.940. The van der Waals surface area contributed by atoms with Gasteiger partial charge in [0, 0.05) is 10.5 Å². The van der Waals surface area contributed by atoms with Crippen LogP contribution in [0.4, 0.5) is 0 Å². The zero-order valence-corrected chi connectivity index (χ0v) is 13.2. The maximum absolute atomic E-state index is 5.13. The van der Waals surface area contributed by atoms with Crippen LogP contribution in [0.5, 0.6) is 0 Å². The molecule has 0 amide bonds. The molecule has 0 aliphatic rings. The van der Waals surface area contributed by atoms with E-state index in [1.54, 1.807) is 0 Å². The lowest BCUT2D eigenvalue weighted by molar-refractivity contribution is 0.719. The number of thiocarbonyl (C=S) groups is 1. The Labute approximate surface area is 122 Å². The van der Waals surface area contributed by atoms with E-state index < -0.39 is 0 Å². The third-order valence-corrected chi connectivity index (χ3v) is 2.91. The van der Waals surface area contributed by atoms with Gasteiger partial charge in [0.05, 0.1) is 5.71 Å². The molecule has 0 unspecified atom stereocenters. The van der Waals surface area contributed by atoms with Gasteiger partial charge >= 0.3 is 0 Å². The van der Waals surface area contributed by atoms with Gasteiger partial charge in [0.1, 0.15) is 0 Å². The van der Waals surface area contributed by atoms with Crippen LogP contribution in [-0.2, 0) is 0 Å². The average Bonchev–Trinajstić information content (AvgIpc) is 2.29. The van der Waals surface area contributed by atoms with Crippen LogP contribution >= 0.6 is 28.1 Å². The third-order valence-electron chi connectivity index (χ3n) is 2.20. The first kappa shape index (κ1) is 15.1. The van der Waals surface area contributed by atoms with E-state index in [2.05, 4.69) is 38.7 Å². The largest absolute Gasteiger partial charge is 0.359 e. The van der Waals surface area contributed by atoms with Crippen molar-refractivity contribution in [3.8, 4) is 0 Å². The molecule has 0 aliphatic heterocycles. The van der Waals surface area contributed by atoms with Crippen LogP contribution < -0.4 is 10.7 Å². The van der Waals surface area contributed by atoms with Crippen molar-refractivity contribution in [2.75, 3.05) is 0 Å². The first-order chi connectivity index (χ1) is 8.52. The number of benzene rings is 1. The van der Waals surface area contributed by atoms with Crippen LogP contribution in [0.2, 0.25) is 0 Å². The van der Waals surface area contributed by atoms with E-state index in [1.807, 2.05) is 38.1 Å². The lowest BCUT2D eigenvalue weighted by Crippen LogP contribution is -2.37. The summed E-state index contributed by atoms with van der Waals surface area (Å²) in [5.74, 6) is 0. The molecule has 0 atom stereocenters. The van der Waals surface area contributed by atoms with Gasteiger partial charge in [-0.15, -0.1) is 0 Å². The number of nitrogens with zero attached hydrogens (tertiary/aromatic N) is 1. The lowest BCUT2D eigenvalue weighted by atomic mass is 10.1. The first-order valence-corrected chi connectivity index (χ1v) is 7.12. The van der Waals surface area contributed by atoms with Gasteiger partial charge in [-0.05, 0) is 50.2 Å². The van der Waals surface area contributed by atoms with Crippen molar-refractivity contribution in [2.24, 2.45) is 5.10 Å². The van der Waals surface area contributed by atoms with Gasteiger partial charge in [0.25, 0.3) is 0 Å². The zero-order valence-electron chi connectivity index (χ0n) is 10.8. The van der Waals surface area contributed by atoms with Crippen LogP contribution in [0.25, 0.3) is 0 Å². The maximum atomic E-state index is 5.13. The first-order valence-electron chi connectivity index (χ1n) is 5.92. The molecule has 0 saturated heterocycles. The Bertz CT molecular complexity index is 444. The van der Waals surface area contributed by atoms with Gasteiger partial charge < -0.3 is 5.32 Å². The molecule has 0 heterocycles. The van der Waals surface area contributed by atoms with Gasteiger partial charge in [0.2, 0.25) is 0 Å². The van der Waals surface area contributed by atoms with Gasteiger partial charge in [-0.25, -0.2) is 0 Å². The number of rotatable bonds is 4. The molecule has 0 fully saturated rings. The van der Waals surface area contributed by atoms with E-state index in [0.29, 0.717) is 11.2 Å². The maximum Gasteiger partial charge on any atom is 0.187 e. The summed E-state index contributed by atoms with van der Waals surface area (Å²) < 4.78 is 1.05. The normalized spacial score (nSPS) is 11.5. The van der Waals surface area contributed by atoms with Gasteiger partial charge in [-0.2, -0.15) is 5.10 Å². The molecule has 1 aromatic rings. The molecule has 98 valence electrons. The van der Waals surface area contributed by atoms with E-state index >= 15 is 0 Å². The molecule has 0 radical (unpaired) electrons. The van der Waals surface area contributed by atoms with Crippen molar-refractivity contribution < 1.29 is 0 Å². The molecule has 2 N–H and O–H groups in total. The summed E-state index contributed by atoms with van der Waals surface area (Å²) in [6, 6.07) is 8.37. The van der Waals surface area contributed by atoms with Crippen molar-refractivity contribution in [1.82, 2.24) is 10.7 Å². The highest BCUT2D eigenvalue weighted by Gasteiger charge is 2.03. The highest BCUT2D eigenvalue weighted by Crippen LogP contribution is 2.13. The molecule has 0 spiro atoms. The Kier molecular flexibility index (Phi) is 6.29. The van der Waals surface area contributed by atoms with Crippen molar-refractivity contribution in [2.45, 2.75) is 33.2 Å². The van der Waals surface area contributed by atoms with Crippen LogP contribution in [0, 0.1) is 0 Å². The number of halogens is 1. The summed E-state index contributed by atoms with van der Waals surface area (Å²) in [5, 5.41) is 7.98. The molecule has 0 bridgehead atoms. The fourth-order valence-electron chi connectivity index (χ4n) is 1.43. The number of nitrogens with one attached hydrogen (secondary N) is 2. The minimum absolute atomic E-state index is 0.302. The van der Waals surface area contributed by atoms with Crippen molar-refractivity contribution in [1.29, 1.82) is 0 Å². The summed E-state index contributed by atoms with van der Waals surface area (Å²) in [4.78, 5) is 0. The second-order valence-corrected chi connectivity index (χ2v) is 5.49. The molecule has 3 nitrogen and oxygen atoms in total. The Balaban J connectivity index is 2.74. The molecule has 0 aliphatic carbocycles. The van der Waals surface area contributed by atoms with Crippen LogP contribution in [-0.4, -0.2) is 16.9 Å². The summed E-state index contributed by atoms with van der Waals surface area (Å²) >= 11 is 8.59. The molecular weight excluding hydrogens is 310 g/mol. The molecular formula is C13H18BrN3S. The molecule has 0 aromatic heterocycles. The molecule has 0 saturated carbocycles.